The van der Waals surface area contributed by atoms with Crippen LogP contribution in [0.1, 0.15) is 41.4 Å². The first-order chi connectivity index (χ1) is 51.5. The second kappa shape index (κ2) is 41.1. The quantitative estimate of drug-likeness (QED) is 0.0119. The molecule has 0 atom stereocenters. The number of carbonyl (C=O) groups is 4. The van der Waals surface area contributed by atoms with E-state index in [4.69, 9.17) is 88.6 Å². The zero-order valence-electron chi connectivity index (χ0n) is 54.6. The number of rotatable bonds is 13. The summed E-state index contributed by atoms with van der Waals surface area (Å²) in [5, 5.41) is 53.8. The number of aromatic nitrogens is 6. The van der Waals surface area contributed by atoms with Gasteiger partial charge in [-0.15, -0.1) is 30.6 Å². The van der Waals surface area contributed by atoms with Crippen molar-refractivity contribution in [2.24, 2.45) is 5.84 Å². The number of hydrazine groups is 2. The van der Waals surface area contributed by atoms with E-state index < -0.39 is 37.0 Å². The number of nitro groups is 3. The van der Waals surface area contributed by atoms with E-state index in [2.05, 4.69) is 75.2 Å². The Labute approximate surface area is 650 Å². The minimum Gasteiger partial charge on any atom is -0.416 e. The molecule has 0 radical (unpaired) electrons. The van der Waals surface area contributed by atoms with Crippen LogP contribution in [0.15, 0.2) is 262 Å². The van der Waals surface area contributed by atoms with Gasteiger partial charge in [0, 0.05) is 123 Å². The predicted octanol–water partition coefficient (Wildman–Crippen LogP) is 18.6. The summed E-state index contributed by atoms with van der Waals surface area (Å²) in [6.07, 6.45) is 0. The number of nitrogens with one attached hydrogen (secondary N) is 3. The molecule has 0 unspecified atom stereocenters. The Balaban J connectivity index is 0.000000181. The van der Waals surface area contributed by atoms with Crippen molar-refractivity contribution >= 4 is 148 Å². The normalized spacial score (nSPS) is 10.2. The molecule has 0 aliphatic heterocycles. The number of hydrogen-bond acceptors (Lipinski definition) is 23. The highest BCUT2D eigenvalue weighted by molar-refractivity contribution is 8.24. The van der Waals surface area contributed by atoms with E-state index in [1.807, 2.05) is 84.3 Å². The topological polar surface area (TPSA) is 446 Å². The molecule has 13 rings (SSSR count). The maximum Gasteiger partial charge on any atom is 0.339 e. The zero-order chi connectivity index (χ0) is 78.5. The van der Waals surface area contributed by atoms with Gasteiger partial charge in [0.2, 0.25) is 35.3 Å². The standard InChI is InChI=1S/C14H10ClN3O4.C14H8ClN3O3.C14H10ClN3O.C14H11N3O.C7H7ClN2O.C7H4ClNO3.Cl3OP/c15-11-5-1-3-9(7-11)13(19)16-17-14(20)10-4-2-6-12(8-10)18(21)22;15-11-5-1-3-9(7-11)13-16-17-14(21-13)10-4-2-6-12(8-10)18(19)20;15-11-5-1-3-9(7-11)13-17-18-14(19-13)10-4-2-6-12(16)8-10;15-12-8-4-7-11(9-12)14-17-16-13(18-14)10-5-2-1-3-6-10;8-6-3-1-2-5(4-6)7(11)10-9;8-7(10)5-2-1-3-6(4-5)9(11)12;1-5(2,3)4/h1-8H,(H,16,19)(H,17,20);1-8H;1-8H,16H2;1-9H,15H2;1-4H,9H2,(H,10,11);1-4H;. The molecule has 3 amide bonds. The van der Waals surface area contributed by atoms with E-state index in [0.717, 1.165) is 34.4 Å². The van der Waals surface area contributed by atoms with Crippen LogP contribution < -0.4 is 33.6 Å². The van der Waals surface area contributed by atoms with Crippen molar-refractivity contribution in [2.75, 3.05) is 11.5 Å². The fourth-order valence-corrected chi connectivity index (χ4v) is 9.27. The second-order valence-electron chi connectivity index (χ2n) is 20.9. The van der Waals surface area contributed by atoms with E-state index >= 15 is 0 Å². The van der Waals surface area contributed by atoms with Crippen molar-refractivity contribution in [3.05, 3.63) is 321 Å². The van der Waals surface area contributed by atoms with Gasteiger partial charge in [-0.1, -0.05) is 119 Å². The van der Waals surface area contributed by atoms with Crippen molar-refractivity contribution < 1.29 is 51.8 Å². The molecule has 38 heteroatoms. The first kappa shape index (κ1) is 83.3. The molecule has 13 aromatic rings. The van der Waals surface area contributed by atoms with Gasteiger partial charge in [-0.2, -0.15) is 0 Å². The highest BCUT2D eigenvalue weighted by atomic mass is 36.0. The average molecular weight is 1640 g/mol. The highest BCUT2D eigenvalue weighted by Crippen LogP contribution is 2.61. The Hall–Kier alpha value is -12.0. The van der Waals surface area contributed by atoms with Crippen molar-refractivity contribution in [2.45, 2.75) is 0 Å². The van der Waals surface area contributed by atoms with E-state index in [9.17, 15) is 54.1 Å². The molecule has 0 saturated carbocycles. The maximum absolute atomic E-state index is 11.8. The number of amides is 3. The lowest BCUT2D eigenvalue weighted by Gasteiger charge is -2.07. The number of nitrogens with zero attached hydrogens (tertiary/aromatic N) is 9. The summed E-state index contributed by atoms with van der Waals surface area (Å²) in [7, 11) is 0. The molecule has 0 saturated heterocycles. The van der Waals surface area contributed by atoms with Crippen LogP contribution in [-0.4, -0.2) is 68.3 Å². The molecule has 0 aliphatic carbocycles. The van der Waals surface area contributed by atoms with Gasteiger partial charge in [0.15, 0.2) is 0 Å². The van der Waals surface area contributed by atoms with Crippen LogP contribution in [0.3, 0.4) is 0 Å². The van der Waals surface area contributed by atoms with Crippen LogP contribution in [-0.2, 0) is 4.57 Å². The smallest absolute Gasteiger partial charge is 0.339 e. The molecular weight excluding hydrogens is 1590 g/mol. The SMILES string of the molecule is NNC(=O)c1cccc(Cl)c1.Nc1cccc(-c2nnc(-c3cccc(Cl)c3)o2)c1.Nc1cccc(-c2nnc(-c3ccccc3)o2)c1.O=C(Cl)c1cccc([N+](=O)[O-])c1.O=C(NNC(=O)c1cccc([N+](=O)[O-])c1)c1cccc(Cl)c1.O=P(Cl)(Cl)Cl.O=[N+]([O-])c1cccc(-c2nnc(-c3cccc(Cl)c3)o2)c1. The van der Waals surface area contributed by atoms with Crippen molar-refractivity contribution in [3.8, 4) is 68.7 Å². The predicted molar refractivity (Wildman–Crippen MR) is 412 cm³/mol. The maximum atomic E-state index is 11.8. The van der Waals surface area contributed by atoms with Crippen LogP contribution in [0.2, 0.25) is 20.1 Å². The molecule has 29 nitrogen and oxygen atoms in total. The summed E-state index contributed by atoms with van der Waals surface area (Å²) < 4.78 is 26.3. The number of nitrogen functional groups attached to an aromatic ring is 3. The van der Waals surface area contributed by atoms with Crippen LogP contribution >= 0.6 is 96.9 Å². The summed E-state index contributed by atoms with van der Waals surface area (Å²) in [5.74, 6) is 5.71. The van der Waals surface area contributed by atoms with Gasteiger partial charge in [-0.05, 0) is 185 Å². The Morgan fingerprint density at radius 1 is 0.352 bits per heavy atom. The van der Waals surface area contributed by atoms with E-state index in [1.165, 1.54) is 60.7 Å². The molecule has 0 fully saturated rings. The van der Waals surface area contributed by atoms with Crippen molar-refractivity contribution in [1.82, 2.24) is 46.9 Å². The molecule has 0 bridgehead atoms. The number of nitrogens with two attached hydrogens (primary N) is 3. The molecule has 3 aromatic heterocycles. The molecule has 9 N–H and O–H groups in total. The molecule has 0 spiro atoms. The fraction of sp³-hybridized carbons (Fsp3) is 0. The monoisotopic (exact) mass is 1640 g/mol. The van der Waals surface area contributed by atoms with Gasteiger partial charge in [0.1, 0.15) is 0 Å². The largest absolute Gasteiger partial charge is 0.416 e. The number of hydrogen-bond donors (Lipinski definition) is 6. The number of carbonyl (C=O) groups excluding carboxylic acids is 4. The van der Waals surface area contributed by atoms with E-state index in [1.54, 1.807) is 97.1 Å². The summed E-state index contributed by atoms with van der Waals surface area (Å²) in [6, 6.07) is 67.8. The minimum absolute atomic E-state index is 0.0324. The van der Waals surface area contributed by atoms with Gasteiger partial charge in [0.25, 0.3) is 40.0 Å². The second-order valence-corrected chi connectivity index (χ2v) is 29.6. The summed E-state index contributed by atoms with van der Waals surface area (Å²) in [6.45, 7) is 0. The van der Waals surface area contributed by atoms with Crippen LogP contribution in [0.4, 0.5) is 28.4 Å². The fourth-order valence-electron chi connectivity index (χ4n) is 8.39. The third-order valence-corrected chi connectivity index (χ3v) is 14.4. The van der Waals surface area contributed by atoms with Crippen molar-refractivity contribution in [3.63, 3.8) is 0 Å². The van der Waals surface area contributed by atoms with Gasteiger partial charge in [-0.3, -0.25) is 70.4 Å². The molecule has 550 valence electrons. The number of non-ortho nitro benzene ring substituents is 3. The van der Waals surface area contributed by atoms with Crippen LogP contribution in [0.25, 0.3) is 68.7 Å². The van der Waals surface area contributed by atoms with Gasteiger partial charge < -0.3 is 24.7 Å². The first-order valence-corrected chi connectivity index (χ1v) is 36.4. The van der Waals surface area contributed by atoms with Gasteiger partial charge in [0.05, 0.1) is 14.8 Å². The van der Waals surface area contributed by atoms with Crippen molar-refractivity contribution in [1.29, 1.82) is 0 Å². The van der Waals surface area contributed by atoms with Crippen LogP contribution in [0.5, 0.6) is 0 Å². The molecule has 3 heterocycles. The highest BCUT2D eigenvalue weighted by Gasteiger charge is 2.18. The Kier molecular flexibility index (Phi) is 31.7. The zero-order valence-corrected chi connectivity index (χ0v) is 61.6. The average Bonchev–Trinajstić information content (AvgIpc) is 1.59. The number of halogens is 8. The molecular formula is C70H50Cl8N15O14P. The summed E-state index contributed by atoms with van der Waals surface area (Å²) in [4.78, 5) is 75.1. The summed E-state index contributed by atoms with van der Waals surface area (Å²) in [5.41, 5.74) is 24.2. The third-order valence-electron chi connectivity index (χ3n) is 13.2. The Morgan fingerprint density at radius 2 is 0.620 bits per heavy atom. The molecule has 108 heavy (non-hydrogen) atoms. The Bertz CT molecular complexity index is 5270. The third kappa shape index (κ3) is 27.5. The van der Waals surface area contributed by atoms with Gasteiger partial charge in [-0.25, -0.2) is 5.84 Å². The molecule has 10 aromatic carbocycles. The van der Waals surface area contributed by atoms with E-state index in [0.29, 0.717) is 77.6 Å². The van der Waals surface area contributed by atoms with E-state index in [-0.39, 0.29) is 45.6 Å². The first-order valence-electron chi connectivity index (χ1n) is 30.1. The molecule has 0 aliphatic rings. The van der Waals surface area contributed by atoms with Crippen LogP contribution in [0, 0.1) is 30.3 Å². The number of nitro benzene ring substituents is 3. The number of anilines is 2. The summed E-state index contributed by atoms with van der Waals surface area (Å²) >= 11 is 42.2. The lowest BCUT2D eigenvalue weighted by Crippen LogP contribution is -2.41. The Morgan fingerprint density at radius 3 is 0.963 bits per heavy atom. The lowest BCUT2D eigenvalue weighted by atomic mass is 10.2. The number of benzene rings is 10. The minimum atomic E-state index is -3.22. The lowest BCUT2D eigenvalue weighted by molar-refractivity contribution is -0.385. The van der Waals surface area contributed by atoms with Gasteiger partial charge >= 0.3 is 5.20 Å².